The van der Waals surface area contributed by atoms with Crippen LogP contribution in [0.15, 0.2) is 0 Å². The van der Waals surface area contributed by atoms with Gasteiger partial charge in [-0.2, -0.15) is 0 Å². The fourth-order valence-corrected chi connectivity index (χ4v) is 5.48. The Morgan fingerprint density at radius 2 is 1.89 bits per heavy atom. The minimum atomic E-state index is 0.0836. The van der Waals surface area contributed by atoms with Gasteiger partial charge in [-0.25, -0.2) is 0 Å². The van der Waals surface area contributed by atoms with Gasteiger partial charge in [0.15, 0.2) is 0 Å². The van der Waals surface area contributed by atoms with E-state index in [-0.39, 0.29) is 17.7 Å². The quantitative estimate of drug-likeness (QED) is 0.771. The van der Waals surface area contributed by atoms with Gasteiger partial charge in [0, 0.05) is 44.6 Å². The molecule has 2 amide bonds. The molecule has 1 aromatic rings. The molecule has 1 aromatic heterocycles. The number of aromatic nitrogens is 2. The molecule has 3 aliphatic heterocycles. The normalized spacial score (nSPS) is 24.3. The summed E-state index contributed by atoms with van der Waals surface area (Å²) in [7, 11) is 0. The number of carbonyl (C=O) groups excluding carboxylic acids is 2. The molecule has 4 heterocycles. The number of carbonyl (C=O) groups is 2. The van der Waals surface area contributed by atoms with Crippen molar-refractivity contribution in [3.63, 3.8) is 0 Å². The van der Waals surface area contributed by atoms with Gasteiger partial charge in [-0.1, -0.05) is 18.3 Å². The maximum Gasteiger partial charge on any atom is 0.228 e. The third kappa shape index (κ3) is 4.15. The molecule has 0 bridgehead atoms. The monoisotopic (exact) mass is 406 g/mol. The Morgan fingerprint density at radius 1 is 1.11 bits per heavy atom. The molecule has 0 spiro atoms. The molecule has 0 aromatic carbocycles. The Kier molecular flexibility index (Phi) is 6.10. The lowest BCUT2D eigenvalue weighted by Crippen LogP contribution is -2.44. The number of hydrogen-bond acceptors (Lipinski definition) is 7. The summed E-state index contributed by atoms with van der Waals surface area (Å²) in [6, 6.07) is 0.502. The summed E-state index contributed by atoms with van der Waals surface area (Å²) >= 11 is 1.48. The van der Waals surface area contributed by atoms with Crippen LogP contribution in [-0.2, 0) is 9.59 Å². The average molecular weight is 407 g/mol. The second-order valence-corrected chi connectivity index (χ2v) is 8.88. The summed E-state index contributed by atoms with van der Waals surface area (Å²) < 4.78 is 0. The number of rotatable bonds is 6. The van der Waals surface area contributed by atoms with Gasteiger partial charge in [0.2, 0.25) is 22.1 Å². The highest BCUT2D eigenvalue weighted by atomic mass is 32.1. The Morgan fingerprint density at radius 3 is 2.61 bits per heavy atom. The predicted octanol–water partition coefficient (Wildman–Crippen LogP) is 1.48. The first-order valence-electron chi connectivity index (χ1n) is 10.6. The van der Waals surface area contributed by atoms with Gasteiger partial charge < -0.3 is 10.2 Å². The summed E-state index contributed by atoms with van der Waals surface area (Å²) in [5, 5.41) is 13.3. The molecule has 3 aliphatic rings. The zero-order valence-electron chi connectivity index (χ0n) is 16.6. The number of piperidine rings is 1. The van der Waals surface area contributed by atoms with Gasteiger partial charge in [0.25, 0.3) is 0 Å². The maximum absolute atomic E-state index is 12.6. The van der Waals surface area contributed by atoms with Gasteiger partial charge in [-0.3, -0.25) is 19.4 Å². The van der Waals surface area contributed by atoms with E-state index < -0.39 is 0 Å². The van der Waals surface area contributed by atoms with Gasteiger partial charge in [-0.05, 0) is 45.2 Å². The largest absolute Gasteiger partial charge is 0.354 e. The fraction of sp³-hybridized carbons (Fsp3) is 0.789. The standard InChI is InChI=1S/C19H30N6O2S/c1-2-23-9-3-5-15(23)13-20-17(27)14-7-11-24(12-8-14)18-21-22-19(28-18)25-10-4-6-16(25)26/h14-15H,2-13H2,1H3,(H,20,27). The molecule has 1 unspecified atom stereocenters. The SMILES string of the molecule is CCN1CCCC1CNC(=O)C1CCN(c2nnc(N3CCCC3=O)s2)CC1. The van der Waals surface area contributed by atoms with Crippen LogP contribution in [0.3, 0.4) is 0 Å². The summed E-state index contributed by atoms with van der Waals surface area (Å²) in [5.41, 5.74) is 0. The van der Waals surface area contributed by atoms with Crippen molar-refractivity contribution in [3.05, 3.63) is 0 Å². The number of amides is 2. The second kappa shape index (κ2) is 8.73. The molecule has 28 heavy (non-hydrogen) atoms. The van der Waals surface area contributed by atoms with Crippen molar-refractivity contribution in [3.8, 4) is 0 Å². The van der Waals surface area contributed by atoms with Crippen molar-refractivity contribution in [1.29, 1.82) is 0 Å². The predicted molar refractivity (Wildman–Crippen MR) is 110 cm³/mol. The fourth-order valence-electron chi connectivity index (χ4n) is 4.53. The highest BCUT2D eigenvalue weighted by Crippen LogP contribution is 2.32. The molecule has 0 aliphatic carbocycles. The number of hydrogen-bond donors (Lipinski definition) is 1. The lowest BCUT2D eigenvalue weighted by atomic mass is 9.96. The van der Waals surface area contributed by atoms with Crippen molar-refractivity contribution in [1.82, 2.24) is 20.4 Å². The van der Waals surface area contributed by atoms with Gasteiger partial charge in [0.05, 0.1) is 0 Å². The van der Waals surface area contributed by atoms with Crippen LogP contribution in [0.2, 0.25) is 0 Å². The molecule has 1 atom stereocenters. The minimum absolute atomic E-state index is 0.0836. The van der Waals surface area contributed by atoms with Crippen molar-refractivity contribution >= 4 is 33.4 Å². The highest BCUT2D eigenvalue weighted by molar-refractivity contribution is 7.19. The molecular weight excluding hydrogens is 376 g/mol. The van der Waals surface area contributed by atoms with E-state index in [1.54, 1.807) is 4.90 Å². The van der Waals surface area contributed by atoms with E-state index in [1.165, 1.54) is 24.2 Å². The molecule has 8 nitrogen and oxygen atoms in total. The average Bonchev–Trinajstić information content (AvgIpc) is 3.46. The molecule has 154 valence electrons. The topological polar surface area (TPSA) is 81.7 Å². The first-order chi connectivity index (χ1) is 13.7. The lowest BCUT2D eigenvalue weighted by molar-refractivity contribution is -0.125. The van der Waals surface area contributed by atoms with Crippen LogP contribution < -0.4 is 15.1 Å². The first-order valence-corrected chi connectivity index (χ1v) is 11.4. The van der Waals surface area contributed by atoms with Crippen LogP contribution in [0, 0.1) is 5.92 Å². The van der Waals surface area contributed by atoms with Gasteiger partial charge in [0.1, 0.15) is 0 Å². The summed E-state index contributed by atoms with van der Waals surface area (Å²) in [6.07, 6.45) is 5.60. The Balaban J connectivity index is 1.25. The third-order valence-corrected chi connectivity index (χ3v) is 7.27. The van der Waals surface area contributed by atoms with E-state index in [0.717, 1.165) is 63.7 Å². The Hall–Kier alpha value is -1.74. The first kappa shape index (κ1) is 19.6. The van der Waals surface area contributed by atoms with Crippen molar-refractivity contribution < 1.29 is 9.59 Å². The lowest BCUT2D eigenvalue weighted by Gasteiger charge is -2.31. The smallest absolute Gasteiger partial charge is 0.228 e. The van der Waals surface area contributed by atoms with E-state index >= 15 is 0 Å². The number of nitrogens with zero attached hydrogens (tertiary/aromatic N) is 5. The number of likely N-dealkylation sites (tertiary alicyclic amines) is 1. The maximum atomic E-state index is 12.6. The van der Waals surface area contributed by atoms with E-state index in [2.05, 4.69) is 32.2 Å². The second-order valence-electron chi connectivity index (χ2n) is 7.95. The number of likely N-dealkylation sites (N-methyl/N-ethyl adjacent to an activating group) is 1. The molecular formula is C19H30N6O2S. The number of nitrogens with one attached hydrogen (secondary N) is 1. The van der Waals surface area contributed by atoms with E-state index in [9.17, 15) is 9.59 Å². The zero-order valence-corrected chi connectivity index (χ0v) is 17.4. The summed E-state index contributed by atoms with van der Waals surface area (Å²) in [6.45, 7) is 7.54. The summed E-state index contributed by atoms with van der Waals surface area (Å²) in [5.74, 6) is 0.422. The molecule has 3 fully saturated rings. The van der Waals surface area contributed by atoms with Crippen LogP contribution in [0.1, 0.15) is 45.4 Å². The van der Waals surface area contributed by atoms with Crippen LogP contribution in [0.5, 0.6) is 0 Å². The van der Waals surface area contributed by atoms with Gasteiger partial charge in [-0.15, -0.1) is 10.2 Å². The summed E-state index contributed by atoms with van der Waals surface area (Å²) in [4.78, 5) is 30.9. The van der Waals surface area contributed by atoms with Crippen molar-refractivity contribution in [2.45, 2.75) is 51.5 Å². The molecule has 3 saturated heterocycles. The van der Waals surface area contributed by atoms with E-state index in [1.807, 2.05) is 0 Å². The van der Waals surface area contributed by atoms with Crippen LogP contribution in [0.4, 0.5) is 10.3 Å². The van der Waals surface area contributed by atoms with E-state index in [4.69, 9.17) is 0 Å². The molecule has 0 radical (unpaired) electrons. The van der Waals surface area contributed by atoms with Crippen molar-refractivity contribution in [2.24, 2.45) is 5.92 Å². The molecule has 1 N–H and O–H groups in total. The van der Waals surface area contributed by atoms with Crippen LogP contribution in [0.25, 0.3) is 0 Å². The van der Waals surface area contributed by atoms with Crippen LogP contribution >= 0.6 is 11.3 Å². The van der Waals surface area contributed by atoms with Gasteiger partial charge >= 0.3 is 0 Å². The highest BCUT2D eigenvalue weighted by Gasteiger charge is 2.30. The molecule has 4 rings (SSSR count). The van der Waals surface area contributed by atoms with Crippen molar-refractivity contribution in [2.75, 3.05) is 49.1 Å². The molecule has 9 heteroatoms. The molecule has 0 saturated carbocycles. The zero-order chi connectivity index (χ0) is 19.5. The third-order valence-electron chi connectivity index (χ3n) is 6.26. The Bertz CT molecular complexity index is 702. The van der Waals surface area contributed by atoms with Crippen LogP contribution in [-0.4, -0.2) is 72.2 Å². The minimum Gasteiger partial charge on any atom is -0.354 e. The van der Waals surface area contributed by atoms with E-state index in [0.29, 0.717) is 17.6 Å². The Labute approximate surface area is 170 Å². The number of anilines is 2.